The number of hydrogen-bond acceptors (Lipinski definition) is 3. The van der Waals surface area contributed by atoms with E-state index in [2.05, 4.69) is 41.4 Å². The summed E-state index contributed by atoms with van der Waals surface area (Å²) in [7, 11) is 2.09. The monoisotopic (exact) mass is 269 g/mol. The normalized spacial score (nSPS) is 11.8. The van der Waals surface area contributed by atoms with Crippen molar-refractivity contribution in [3.05, 3.63) is 71.3 Å². The highest BCUT2D eigenvalue weighted by atomic mass is 16.4. The number of nitrogens with two attached hydrogens (primary N) is 1. The first-order valence-corrected chi connectivity index (χ1v) is 6.48. The van der Waals surface area contributed by atoms with Crippen LogP contribution in [-0.4, -0.2) is 23.0 Å². The van der Waals surface area contributed by atoms with Gasteiger partial charge in [-0.2, -0.15) is 0 Å². The maximum atomic E-state index is 8.62. The smallest absolute Gasteiger partial charge is 0.170 e. The van der Waals surface area contributed by atoms with Gasteiger partial charge in [0, 0.05) is 18.7 Å². The van der Waals surface area contributed by atoms with Crippen molar-refractivity contribution in [3.63, 3.8) is 0 Å². The SMILES string of the molecule is CN(Cc1ccccc1)Cc1ccc(/C(N)=N/O)cc1. The fourth-order valence-corrected chi connectivity index (χ4v) is 2.10. The molecule has 0 saturated carbocycles. The zero-order valence-electron chi connectivity index (χ0n) is 11.5. The lowest BCUT2D eigenvalue weighted by Gasteiger charge is -2.17. The minimum absolute atomic E-state index is 0.134. The quantitative estimate of drug-likeness (QED) is 0.379. The van der Waals surface area contributed by atoms with E-state index < -0.39 is 0 Å². The van der Waals surface area contributed by atoms with Gasteiger partial charge in [-0.25, -0.2) is 0 Å². The first-order valence-electron chi connectivity index (χ1n) is 6.48. The van der Waals surface area contributed by atoms with Crippen molar-refractivity contribution in [2.24, 2.45) is 10.9 Å². The molecule has 0 amide bonds. The summed E-state index contributed by atoms with van der Waals surface area (Å²) in [5.41, 5.74) is 8.75. The minimum Gasteiger partial charge on any atom is -0.409 e. The van der Waals surface area contributed by atoms with Crippen molar-refractivity contribution >= 4 is 5.84 Å². The molecule has 0 bridgehead atoms. The van der Waals surface area contributed by atoms with Crippen molar-refractivity contribution in [1.82, 2.24) is 4.90 Å². The van der Waals surface area contributed by atoms with Gasteiger partial charge in [0.25, 0.3) is 0 Å². The van der Waals surface area contributed by atoms with Crippen LogP contribution in [0.25, 0.3) is 0 Å². The van der Waals surface area contributed by atoms with E-state index in [4.69, 9.17) is 10.9 Å². The van der Waals surface area contributed by atoms with Gasteiger partial charge in [0.05, 0.1) is 0 Å². The van der Waals surface area contributed by atoms with Gasteiger partial charge >= 0.3 is 0 Å². The molecule has 0 atom stereocenters. The third kappa shape index (κ3) is 3.83. The van der Waals surface area contributed by atoms with Crippen molar-refractivity contribution in [3.8, 4) is 0 Å². The topological polar surface area (TPSA) is 61.8 Å². The molecule has 0 heterocycles. The summed E-state index contributed by atoms with van der Waals surface area (Å²) < 4.78 is 0. The Kier molecular flexibility index (Phi) is 4.74. The van der Waals surface area contributed by atoms with Crippen LogP contribution < -0.4 is 5.73 Å². The van der Waals surface area contributed by atoms with E-state index in [1.165, 1.54) is 11.1 Å². The molecule has 2 rings (SSSR count). The van der Waals surface area contributed by atoms with Crippen LogP contribution in [0.3, 0.4) is 0 Å². The van der Waals surface area contributed by atoms with Gasteiger partial charge in [-0.05, 0) is 18.2 Å². The lowest BCUT2D eigenvalue weighted by Crippen LogP contribution is -2.17. The molecular weight excluding hydrogens is 250 g/mol. The summed E-state index contributed by atoms with van der Waals surface area (Å²) in [5, 5.41) is 11.6. The molecule has 0 unspecified atom stereocenters. The maximum absolute atomic E-state index is 8.62. The molecule has 20 heavy (non-hydrogen) atoms. The van der Waals surface area contributed by atoms with Crippen molar-refractivity contribution in [2.45, 2.75) is 13.1 Å². The van der Waals surface area contributed by atoms with Crippen LogP contribution in [0.15, 0.2) is 59.8 Å². The number of rotatable bonds is 5. The van der Waals surface area contributed by atoms with Gasteiger partial charge in [-0.3, -0.25) is 4.90 Å². The predicted molar refractivity (Wildman–Crippen MR) is 80.6 cm³/mol. The van der Waals surface area contributed by atoms with E-state index in [9.17, 15) is 0 Å². The molecule has 0 aromatic heterocycles. The van der Waals surface area contributed by atoms with Crippen molar-refractivity contribution < 1.29 is 5.21 Å². The molecule has 0 aliphatic rings. The molecule has 0 spiro atoms. The number of amidine groups is 1. The Bertz CT molecular complexity index is 564. The van der Waals surface area contributed by atoms with Gasteiger partial charge in [0.1, 0.15) is 0 Å². The van der Waals surface area contributed by atoms with Crippen LogP contribution in [0.2, 0.25) is 0 Å². The summed E-state index contributed by atoms with van der Waals surface area (Å²) >= 11 is 0. The molecular formula is C16H19N3O. The summed E-state index contributed by atoms with van der Waals surface area (Å²) in [6.45, 7) is 1.76. The zero-order chi connectivity index (χ0) is 14.4. The molecule has 0 aliphatic carbocycles. The van der Waals surface area contributed by atoms with Crippen molar-refractivity contribution in [2.75, 3.05) is 7.05 Å². The van der Waals surface area contributed by atoms with Crippen molar-refractivity contribution in [1.29, 1.82) is 0 Å². The molecule has 0 saturated heterocycles. The lowest BCUT2D eigenvalue weighted by atomic mass is 10.1. The third-order valence-electron chi connectivity index (χ3n) is 3.11. The maximum Gasteiger partial charge on any atom is 0.170 e. The van der Waals surface area contributed by atoms with Crippen LogP contribution in [0.1, 0.15) is 16.7 Å². The van der Waals surface area contributed by atoms with Crippen LogP contribution in [0.4, 0.5) is 0 Å². The second-order valence-corrected chi connectivity index (χ2v) is 4.84. The molecule has 0 aliphatic heterocycles. The highest BCUT2D eigenvalue weighted by Crippen LogP contribution is 2.09. The molecule has 4 heteroatoms. The van der Waals surface area contributed by atoms with Gasteiger partial charge < -0.3 is 10.9 Å². The van der Waals surface area contributed by atoms with E-state index >= 15 is 0 Å². The molecule has 4 nitrogen and oxygen atoms in total. The summed E-state index contributed by atoms with van der Waals surface area (Å²) in [6, 6.07) is 18.1. The number of nitrogens with zero attached hydrogens (tertiary/aromatic N) is 2. The number of hydrogen-bond donors (Lipinski definition) is 2. The van der Waals surface area contributed by atoms with E-state index in [0.717, 1.165) is 18.7 Å². The van der Waals surface area contributed by atoms with Crippen LogP contribution in [0.5, 0.6) is 0 Å². The zero-order valence-corrected chi connectivity index (χ0v) is 11.5. The molecule has 0 fully saturated rings. The van der Waals surface area contributed by atoms with E-state index in [-0.39, 0.29) is 5.84 Å². The summed E-state index contributed by atoms with van der Waals surface area (Å²) in [5.74, 6) is 0.134. The average molecular weight is 269 g/mol. The highest BCUT2D eigenvalue weighted by Gasteiger charge is 2.03. The fraction of sp³-hybridized carbons (Fsp3) is 0.188. The Balaban J connectivity index is 1.96. The van der Waals surface area contributed by atoms with Gasteiger partial charge in [0.15, 0.2) is 5.84 Å². The Morgan fingerprint density at radius 3 is 2.10 bits per heavy atom. The largest absolute Gasteiger partial charge is 0.409 e. The second kappa shape index (κ2) is 6.73. The summed E-state index contributed by atoms with van der Waals surface area (Å²) in [6.07, 6.45) is 0. The third-order valence-corrected chi connectivity index (χ3v) is 3.11. The highest BCUT2D eigenvalue weighted by molar-refractivity contribution is 5.96. The standard InChI is InChI=1S/C16H19N3O/c1-19(11-13-5-3-2-4-6-13)12-14-7-9-15(10-8-14)16(17)18-20/h2-10,20H,11-12H2,1H3,(H2,17,18). The first-order chi connectivity index (χ1) is 9.69. The fourth-order valence-electron chi connectivity index (χ4n) is 2.10. The number of benzene rings is 2. The summed E-state index contributed by atoms with van der Waals surface area (Å²) in [4.78, 5) is 2.24. The average Bonchev–Trinajstić information content (AvgIpc) is 2.48. The lowest BCUT2D eigenvalue weighted by molar-refractivity contribution is 0.318. The molecule has 0 radical (unpaired) electrons. The Morgan fingerprint density at radius 2 is 1.55 bits per heavy atom. The second-order valence-electron chi connectivity index (χ2n) is 4.84. The Hall–Kier alpha value is -2.33. The van der Waals surface area contributed by atoms with Gasteiger partial charge in [-0.15, -0.1) is 0 Å². The van der Waals surface area contributed by atoms with Gasteiger partial charge in [-0.1, -0.05) is 59.8 Å². The van der Waals surface area contributed by atoms with Crippen LogP contribution in [0, 0.1) is 0 Å². The molecule has 3 N–H and O–H groups in total. The van der Waals surface area contributed by atoms with E-state index in [0.29, 0.717) is 0 Å². The molecule has 2 aromatic carbocycles. The Morgan fingerprint density at radius 1 is 1.00 bits per heavy atom. The first kappa shape index (κ1) is 14.1. The van der Waals surface area contributed by atoms with Gasteiger partial charge in [0.2, 0.25) is 0 Å². The number of oxime groups is 1. The molecule has 104 valence electrons. The minimum atomic E-state index is 0.134. The van der Waals surface area contributed by atoms with Crippen LogP contribution >= 0.6 is 0 Å². The van der Waals surface area contributed by atoms with Crippen LogP contribution in [-0.2, 0) is 13.1 Å². The molecule has 2 aromatic rings. The Labute approximate surface area is 119 Å². The predicted octanol–water partition coefficient (Wildman–Crippen LogP) is 2.41. The van der Waals surface area contributed by atoms with E-state index in [1.54, 1.807) is 0 Å². The van der Waals surface area contributed by atoms with E-state index in [1.807, 2.05) is 30.3 Å².